The summed E-state index contributed by atoms with van der Waals surface area (Å²) in [7, 11) is 2.25. The van der Waals surface area contributed by atoms with E-state index in [0.29, 0.717) is 5.92 Å². The summed E-state index contributed by atoms with van der Waals surface area (Å²) in [5.41, 5.74) is 10.3. The van der Waals surface area contributed by atoms with Crippen LogP contribution in [0.2, 0.25) is 0 Å². The number of pyridine rings is 2. The average Bonchev–Trinajstić information content (AvgIpc) is 3.56. The zero-order valence-corrected chi connectivity index (χ0v) is 23.9. The molecule has 0 aliphatic heterocycles. The Morgan fingerprint density at radius 2 is 1.51 bits per heavy atom. The van der Waals surface area contributed by atoms with E-state index in [-0.39, 0.29) is 5.41 Å². The molecular weight excluding hydrogens is 472 g/mol. The van der Waals surface area contributed by atoms with Gasteiger partial charge < -0.3 is 4.40 Å². The topological polar surface area (TPSA) is 8.29 Å². The second-order valence-electron chi connectivity index (χ2n) is 13.4. The number of nitrogens with zero attached hydrogens (tertiary/aromatic N) is 2. The van der Waals surface area contributed by atoms with Crippen molar-refractivity contribution in [3.8, 4) is 0 Å². The highest BCUT2D eigenvalue weighted by Gasteiger charge is 2.31. The van der Waals surface area contributed by atoms with E-state index in [1.54, 1.807) is 5.56 Å². The fourth-order valence-corrected chi connectivity index (χ4v) is 8.11. The van der Waals surface area contributed by atoms with Crippen LogP contribution in [0.25, 0.3) is 59.8 Å². The third-order valence-electron chi connectivity index (χ3n) is 9.55. The van der Waals surface area contributed by atoms with Gasteiger partial charge in [-0.05, 0) is 82.5 Å². The minimum Gasteiger partial charge on any atom is -0.307 e. The number of fused-ring (bicyclic) bond motifs is 7. The number of aryl methyl sites for hydroxylation is 2. The lowest BCUT2D eigenvalue weighted by atomic mass is 9.84. The number of para-hydroxylation sites is 1. The smallest absolute Gasteiger partial charge is 0.224 e. The van der Waals surface area contributed by atoms with Gasteiger partial charge in [-0.15, -0.1) is 0 Å². The highest BCUT2D eigenvalue weighted by Crippen LogP contribution is 2.49. The summed E-state index contributed by atoms with van der Waals surface area (Å²) in [5.74, 6) is 0.601. The molecule has 1 aliphatic carbocycles. The third-order valence-corrected chi connectivity index (χ3v) is 9.55. The molecule has 39 heavy (non-hydrogen) atoms. The van der Waals surface area contributed by atoms with E-state index < -0.39 is 0 Å². The quantitative estimate of drug-likeness (QED) is 0.125. The Balaban J connectivity index is 1.76. The molecule has 3 heterocycles. The standard InChI is InChI=1S/C37H37N2/c1-22-26-14-8-9-15-27(26)31(23-12-6-7-13-23)35-30(22)34-33-24(18-19-38(34)5)20-25(21-37(2,3)4)32-28-16-10-11-17-29(28)39(35)36(32)33/h8-11,14-20,23H,6-7,12-13,21H2,1-5H3/q+1. The Bertz CT molecular complexity index is 2100. The van der Waals surface area contributed by atoms with E-state index in [4.69, 9.17) is 0 Å². The summed E-state index contributed by atoms with van der Waals surface area (Å²) in [4.78, 5) is 0. The van der Waals surface area contributed by atoms with Gasteiger partial charge in [0, 0.05) is 16.8 Å². The Kier molecular flexibility index (Phi) is 4.74. The number of hydrogen-bond acceptors (Lipinski definition) is 0. The van der Waals surface area contributed by atoms with Crippen molar-refractivity contribution in [3.05, 3.63) is 83.6 Å². The predicted molar refractivity (Wildman–Crippen MR) is 166 cm³/mol. The normalized spacial score (nSPS) is 15.4. The summed E-state index contributed by atoms with van der Waals surface area (Å²) in [5, 5.41) is 9.91. The maximum absolute atomic E-state index is 2.70. The molecular formula is C37H37N2+. The molecule has 194 valence electrons. The molecule has 0 saturated heterocycles. The maximum Gasteiger partial charge on any atom is 0.224 e. The summed E-state index contributed by atoms with van der Waals surface area (Å²) < 4.78 is 5.10. The summed E-state index contributed by atoms with van der Waals surface area (Å²) in [6.07, 6.45) is 8.59. The van der Waals surface area contributed by atoms with Crippen LogP contribution in [-0.2, 0) is 13.5 Å². The Hall–Kier alpha value is -3.65. The minimum atomic E-state index is 0.204. The molecule has 0 atom stereocenters. The minimum absolute atomic E-state index is 0.204. The third kappa shape index (κ3) is 3.12. The lowest BCUT2D eigenvalue weighted by Crippen LogP contribution is -2.29. The van der Waals surface area contributed by atoms with E-state index in [2.05, 4.69) is 111 Å². The van der Waals surface area contributed by atoms with Crippen LogP contribution >= 0.6 is 0 Å². The maximum atomic E-state index is 2.70. The van der Waals surface area contributed by atoms with Crippen LogP contribution in [-0.4, -0.2) is 4.40 Å². The van der Waals surface area contributed by atoms with E-state index in [9.17, 15) is 0 Å². The molecule has 1 fully saturated rings. The molecule has 2 nitrogen and oxygen atoms in total. The van der Waals surface area contributed by atoms with Crippen molar-refractivity contribution in [3.63, 3.8) is 0 Å². The average molecular weight is 510 g/mol. The fraction of sp³-hybridized carbons (Fsp3) is 0.324. The van der Waals surface area contributed by atoms with Gasteiger partial charge in [0.05, 0.1) is 27.3 Å². The first-order valence-corrected chi connectivity index (χ1v) is 14.8. The number of benzene rings is 4. The second-order valence-corrected chi connectivity index (χ2v) is 13.4. The van der Waals surface area contributed by atoms with Gasteiger partial charge >= 0.3 is 0 Å². The van der Waals surface area contributed by atoms with Crippen LogP contribution in [0.4, 0.5) is 0 Å². The molecule has 7 aromatic rings. The van der Waals surface area contributed by atoms with E-state index in [0.717, 1.165) is 6.42 Å². The van der Waals surface area contributed by atoms with Crippen molar-refractivity contribution in [2.45, 2.75) is 65.7 Å². The fourth-order valence-electron chi connectivity index (χ4n) is 8.11. The summed E-state index contributed by atoms with van der Waals surface area (Å²) in [6.45, 7) is 9.47. The van der Waals surface area contributed by atoms with Crippen molar-refractivity contribution in [2.24, 2.45) is 12.5 Å². The van der Waals surface area contributed by atoms with E-state index in [1.165, 1.54) is 96.6 Å². The van der Waals surface area contributed by atoms with Gasteiger partial charge in [-0.1, -0.05) is 76.1 Å². The molecule has 0 unspecified atom stereocenters. The first kappa shape index (κ1) is 23.3. The number of aromatic nitrogens is 2. The lowest BCUT2D eigenvalue weighted by molar-refractivity contribution is -0.643. The van der Waals surface area contributed by atoms with Gasteiger partial charge in [0.15, 0.2) is 6.20 Å². The highest BCUT2D eigenvalue weighted by molar-refractivity contribution is 6.29. The molecule has 0 amide bonds. The number of hydrogen-bond donors (Lipinski definition) is 0. The molecule has 1 saturated carbocycles. The van der Waals surface area contributed by atoms with Crippen molar-refractivity contribution in [1.29, 1.82) is 0 Å². The Labute approximate surface area is 230 Å². The van der Waals surface area contributed by atoms with Gasteiger partial charge in [-0.2, -0.15) is 0 Å². The van der Waals surface area contributed by atoms with Gasteiger partial charge in [0.1, 0.15) is 7.05 Å². The Morgan fingerprint density at radius 1 is 0.821 bits per heavy atom. The van der Waals surface area contributed by atoms with Crippen molar-refractivity contribution in [2.75, 3.05) is 0 Å². The molecule has 2 heteroatoms. The van der Waals surface area contributed by atoms with E-state index in [1.807, 2.05) is 0 Å². The van der Waals surface area contributed by atoms with Gasteiger partial charge in [-0.3, -0.25) is 0 Å². The molecule has 1 aliphatic rings. The summed E-state index contributed by atoms with van der Waals surface area (Å²) in [6, 6.07) is 23.2. The molecule has 8 rings (SSSR count). The van der Waals surface area contributed by atoms with Gasteiger partial charge in [-0.25, -0.2) is 4.57 Å². The van der Waals surface area contributed by atoms with Gasteiger partial charge in [0.25, 0.3) is 0 Å². The second kappa shape index (κ2) is 7.94. The van der Waals surface area contributed by atoms with Crippen LogP contribution in [0.1, 0.15) is 69.1 Å². The van der Waals surface area contributed by atoms with E-state index >= 15 is 0 Å². The largest absolute Gasteiger partial charge is 0.307 e. The summed E-state index contributed by atoms with van der Waals surface area (Å²) >= 11 is 0. The van der Waals surface area contributed by atoms with Crippen LogP contribution < -0.4 is 4.57 Å². The zero-order valence-electron chi connectivity index (χ0n) is 23.9. The first-order chi connectivity index (χ1) is 18.8. The zero-order chi connectivity index (χ0) is 26.6. The molecule has 0 N–H and O–H groups in total. The first-order valence-electron chi connectivity index (χ1n) is 14.8. The Morgan fingerprint density at radius 3 is 2.26 bits per heavy atom. The molecule has 0 radical (unpaired) electrons. The van der Waals surface area contributed by atoms with Crippen molar-refractivity contribution < 1.29 is 4.57 Å². The SMILES string of the molecule is Cc1c2ccccc2c(C2CCCC2)c2c1c1c3c(cc[n+]1C)cc(CC(C)(C)C)c1c4ccccc4n2c13. The van der Waals surface area contributed by atoms with Gasteiger partial charge in [0.2, 0.25) is 5.52 Å². The van der Waals surface area contributed by atoms with Crippen LogP contribution in [0.15, 0.2) is 66.9 Å². The van der Waals surface area contributed by atoms with Crippen molar-refractivity contribution in [1.82, 2.24) is 4.40 Å². The molecule has 4 aromatic carbocycles. The molecule has 0 spiro atoms. The van der Waals surface area contributed by atoms with Crippen LogP contribution in [0.5, 0.6) is 0 Å². The van der Waals surface area contributed by atoms with Crippen molar-refractivity contribution >= 4 is 59.8 Å². The molecule has 3 aromatic heterocycles. The van der Waals surface area contributed by atoms with Crippen LogP contribution in [0.3, 0.4) is 0 Å². The number of rotatable bonds is 2. The monoisotopic (exact) mass is 509 g/mol. The van der Waals surface area contributed by atoms with Crippen LogP contribution in [0, 0.1) is 12.3 Å². The lowest BCUT2D eigenvalue weighted by Gasteiger charge is -2.23. The predicted octanol–water partition coefficient (Wildman–Crippen LogP) is 9.52. The highest BCUT2D eigenvalue weighted by atomic mass is 15.0. The molecule has 0 bridgehead atoms.